The lowest BCUT2D eigenvalue weighted by Crippen LogP contribution is -2.00. The molecule has 3 nitrogen and oxygen atoms in total. The maximum absolute atomic E-state index is 13.1. The third kappa shape index (κ3) is 3.62. The smallest absolute Gasteiger partial charge is 0.147 e. The molecule has 0 bridgehead atoms. The van der Waals surface area contributed by atoms with E-state index in [2.05, 4.69) is 5.16 Å². The Bertz CT molecular complexity index is 647. The van der Waals surface area contributed by atoms with Gasteiger partial charge in [0.25, 0.3) is 0 Å². The van der Waals surface area contributed by atoms with Crippen molar-refractivity contribution in [2.24, 2.45) is 5.16 Å². The molecule has 0 aliphatic heterocycles. The van der Waals surface area contributed by atoms with Gasteiger partial charge in [0.15, 0.2) is 0 Å². The second-order valence-corrected chi connectivity index (χ2v) is 4.81. The highest BCUT2D eigenvalue weighted by Gasteiger charge is 2.10. The summed E-state index contributed by atoms with van der Waals surface area (Å²) in [5, 5.41) is 12.2. The van der Waals surface area contributed by atoms with Crippen LogP contribution in [-0.2, 0) is 6.61 Å². The summed E-state index contributed by atoms with van der Waals surface area (Å²) in [6.45, 7) is 0.130. The largest absolute Gasteiger partial charge is 0.487 e. The fraction of sp³-hybridized carbons (Fsp3) is 0.0714. The molecular weight excluding hydrogens is 304 g/mol. The average Bonchev–Trinajstić information content (AvgIpc) is 2.38. The average molecular weight is 314 g/mol. The molecule has 2 rings (SSSR count). The maximum Gasteiger partial charge on any atom is 0.147 e. The molecule has 0 amide bonds. The highest BCUT2D eigenvalue weighted by molar-refractivity contribution is 6.36. The van der Waals surface area contributed by atoms with Gasteiger partial charge in [-0.05, 0) is 29.8 Å². The molecule has 104 valence electrons. The van der Waals surface area contributed by atoms with E-state index in [-0.39, 0.29) is 17.4 Å². The van der Waals surface area contributed by atoms with Crippen LogP contribution < -0.4 is 4.74 Å². The molecule has 1 N–H and O–H groups in total. The van der Waals surface area contributed by atoms with Gasteiger partial charge >= 0.3 is 0 Å². The normalized spacial score (nSPS) is 10.9. The Morgan fingerprint density at radius 3 is 2.75 bits per heavy atom. The van der Waals surface area contributed by atoms with Crippen LogP contribution in [0.5, 0.6) is 5.75 Å². The van der Waals surface area contributed by atoms with Crippen LogP contribution in [0, 0.1) is 5.82 Å². The summed E-state index contributed by atoms with van der Waals surface area (Å²) in [5.74, 6) is -0.0245. The van der Waals surface area contributed by atoms with Gasteiger partial charge in [-0.25, -0.2) is 4.39 Å². The van der Waals surface area contributed by atoms with Gasteiger partial charge in [0.1, 0.15) is 18.2 Å². The predicted molar refractivity (Wildman–Crippen MR) is 76.6 cm³/mol. The highest BCUT2D eigenvalue weighted by atomic mass is 35.5. The first kappa shape index (κ1) is 14.6. The monoisotopic (exact) mass is 313 g/mol. The summed E-state index contributed by atoms with van der Waals surface area (Å²) < 4.78 is 18.6. The van der Waals surface area contributed by atoms with Gasteiger partial charge in [-0.2, -0.15) is 0 Å². The quantitative estimate of drug-likeness (QED) is 0.512. The van der Waals surface area contributed by atoms with Crippen LogP contribution in [0.25, 0.3) is 0 Å². The molecule has 0 unspecified atom stereocenters. The molecule has 0 heterocycles. The van der Waals surface area contributed by atoms with Gasteiger partial charge in [-0.15, -0.1) is 0 Å². The van der Waals surface area contributed by atoms with E-state index in [1.54, 1.807) is 18.2 Å². The fourth-order valence-corrected chi connectivity index (χ4v) is 2.24. The van der Waals surface area contributed by atoms with Crippen LogP contribution >= 0.6 is 23.2 Å². The van der Waals surface area contributed by atoms with Crippen LogP contribution in [0.3, 0.4) is 0 Å². The van der Waals surface area contributed by atoms with Gasteiger partial charge in [-0.1, -0.05) is 40.5 Å². The van der Waals surface area contributed by atoms with Crippen molar-refractivity contribution in [2.75, 3.05) is 0 Å². The summed E-state index contributed by atoms with van der Waals surface area (Å²) in [7, 11) is 0. The van der Waals surface area contributed by atoms with E-state index in [1.807, 2.05) is 0 Å². The first-order valence-corrected chi connectivity index (χ1v) is 6.39. The minimum Gasteiger partial charge on any atom is -0.487 e. The molecule has 0 fully saturated rings. The van der Waals surface area contributed by atoms with Crippen molar-refractivity contribution in [3.8, 4) is 5.75 Å². The maximum atomic E-state index is 13.1. The Morgan fingerprint density at radius 2 is 2.05 bits per heavy atom. The molecule has 2 aromatic carbocycles. The molecule has 6 heteroatoms. The summed E-state index contributed by atoms with van der Waals surface area (Å²) in [6, 6.07) is 9.10. The van der Waals surface area contributed by atoms with Crippen LogP contribution in [-0.4, -0.2) is 11.4 Å². The molecule has 2 aromatic rings. The molecule has 0 saturated heterocycles. The summed E-state index contributed by atoms with van der Waals surface area (Å²) in [6.07, 6.45) is 1.17. The van der Waals surface area contributed by atoms with Gasteiger partial charge in [0.05, 0.1) is 11.2 Å². The zero-order valence-electron chi connectivity index (χ0n) is 10.2. The van der Waals surface area contributed by atoms with E-state index < -0.39 is 0 Å². The molecule has 0 radical (unpaired) electrons. The van der Waals surface area contributed by atoms with Crippen molar-refractivity contribution in [3.63, 3.8) is 0 Å². The molecule has 0 aliphatic rings. The third-order valence-corrected chi connectivity index (χ3v) is 3.01. The van der Waals surface area contributed by atoms with E-state index in [9.17, 15) is 4.39 Å². The molecule has 0 saturated carbocycles. The second-order valence-electron chi connectivity index (χ2n) is 3.97. The van der Waals surface area contributed by atoms with Gasteiger partial charge < -0.3 is 9.94 Å². The minimum absolute atomic E-state index is 0.130. The number of halogens is 3. The van der Waals surface area contributed by atoms with Crippen molar-refractivity contribution >= 4 is 29.4 Å². The number of hydrogen-bond donors (Lipinski definition) is 1. The number of ether oxygens (including phenoxy) is 1. The predicted octanol–water partition coefficient (Wildman–Crippen LogP) is 4.52. The number of nitrogens with zero attached hydrogens (tertiary/aromatic N) is 1. The van der Waals surface area contributed by atoms with Crippen LogP contribution in [0.1, 0.15) is 11.1 Å². The lowest BCUT2D eigenvalue weighted by molar-refractivity contribution is 0.304. The van der Waals surface area contributed by atoms with Crippen molar-refractivity contribution in [1.29, 1.82) is 0 Å². The van der Waals surface area contributed by atoms with E-state index in [1.165, 1.54) is 24.4 Å². The summed E-state index contributed by atoms with van der Waals surface area (Å²) in [5.41, 5.74) is 1.09. The molecule has 0 spiro atoms. The molecule has 20 heavy (non-hydrogen) atoms. The lowest BCUT2D eigenvalue weighted by Gasteiger charge is -2.11. The van der Waals surface area contributed by atoms with Crippen molar-refractivity contribution < 1.29 is 14.3 Å². The Morgan fingerprint density at radius 1 is 1.25 bits per heavy atom. The number of benzene rings is 2. The van der Waals surface area contributed by atoms with Gasteiger partial charge in [0, 0.05) is 10.6 Å². The van der Waals surface area contributed by atoms with E-state index in [0.717, 1.165) is 0 Å². The van der Waals surface area contributed by atoms with Gasteiger partial charge in [-0.3, -0.25) is 0 Å². The molecule has 0 aromatic heterocycles. The summed E-state index contributed by atoms with van der Waals surface area (Å²) in [4.78, 5) is 0. The highest BCUT2D eigenvalue weighted by Crippen LogP contribution is 2.32. The second kappa shape index (κ2) is 6.59. The van der Waals surface area contributed by atoms with Crippen LogP contribution in [0.2, 0.25) is 10.0 Å². The Balaban J connectivity index is 2.24. The topological polar surface area (TPSA) is 41.8 Å². The van der Waals surface area contributed by atoms with Crippen LogP contribution in [0.4, 0.5) is 4.39 Å². The van der Waals surface area contributed by atoms with Crippen molar-refractivity contribution in [2.45, 2.75) is 6.61 Å². The van der Waals surface area contributed by atoms with Crippen molar-refractivity contribution in [1.82, 2.24) is 0 Å². The van der Waals surface area contributed by atoms with E-state index >= 15 is 0 Å². The van der Waals surface area contributed by atoms with Crippen molar-refractivity contribution in [3.05, 3.63) is 63.4 Å². The Kier molecular flexibility index (Phi) is 4.82. The standard InChI is InChI=1S/C14H10Cl2FNO2/c15-11-5-10(7-18-19)14(13(16)6-11)20-8-9-2-1-3-12(17)4-9/h1-7,19H,8H2/b18-7-. The SMILES string of the molecule is O/N=C\c1cc(Cl)cc(Cl)c1OCc1cccc(F)c1. The first-order chi connectivity index (χ1) is 9.60. The zero-order valence-corrected chi connectivity index (χ0v) is 11.7. The Hall–Kier alpha value is -1.78. The Labute approximate surface area is 125 Å². The van der Waals surface area contributed by atoms with E-state index in [0.29, 0.717) is 21.9 Å². The number of oxime groups is 1. The molecular formula is C14H10Cl2FNO2. The number of rotatable bonds is 4. The molecule has 0 atom stereocenters. The fourth-order valence-electron chi connectivity index (χ4n) is 1.67. The third-order valence-electron chi connectivity index (χ3n) is 2.51. The van der Waals surface area contributed by atoms with E-state index in [4.69, 9.17) is 33.1 Å². The van der Waals surface area contributed by atoms with Gasteiger partial charge in [0.2, 0.25) is 0 Å². The zero-order chi connectivity index (χ0) is 14.5. The molecule has 0 aliphatic carbocycles. The lowest BCUT2D eigenvalue weighted by atomic mass is 10.2. The minimum atomic E-state index is -0.342. The first-order valence-electron chi connectivity index (χ1n) is 5.64. The summed E-state index contributed by atoms with van der Waals surface area (Å²) >= 11 is 11.9. The van der Waals surface area contributed by atoms with Crippen LogP contribution in [0.15, 0.2) is 41.6 Å². The number of hydrogen-bond acceptors (Lipinski definition) is 3.